The van der Waals surface area contributed by atoms with Gasteiger partial charge in [0, 0.05) is 6.54 Å². The van der Waals surface area contributed by atoms with E-state index in [4.69, 9.17) is 0 Å². The Morgan fingerprint density at radius 2 is 2.00 bits per heavy atom. The highest BCUT2D eigenvalue weighted by molar-refractivity contribution is 9.09. The van der Waals surface area contributed by atoms with Crippen LogP contribution in [0.5, 0.6) is 11.5 Å². The number of phenolic OH excluding ortho intramolecular Hbond substituents is 2. The lowest BCUT2D eigenvalue weighted by Crippen LogP contribution is -2.03. The van der Waals surface area contributed by atoms with Gasteiger partial charge in [-0.05, 0) is 23.3 Å². The van der Waals surface area contributed by atoms with Gasteiger partial charge in [0.25, 0.3) is 0 Å². The number of hydrogen-bond donors (Lipinski definition) is 3. The molecule has 0 spiro atoms. The van der Waals surface area contributed by atoms with Gasteiger partial charge in [-0.3, -0.25) is 5.32 Å². The minimum absolute atomic E-state index is 0.0582. The first kappa shape index (κ1) is 7.89. The van der Waals surface area contributed by atoms with E-state index < -0.39 is 0 Å². The third-order valence-electron chi connectivity index (χ3n) is 1.98. The van der Waals surface area contributed by atoms with Crippen molar-refractivity contribution in [1.82, 2.24) is 5.32 Å². The largest absolute Gasteiger partial charge is 0.504 e. The molecular weight excluding hydrogens is 222 g/mol. The first-order valence-electron chi connectivity index (χ1n) is 3.60. The highest BCUT2D eigenvalue weighted by Crippen LogP contribution is 2.36. The van der Waals surface area contributed by atoms with Gasteiger partial charge in [-0.25, -0.2) is 0 Å². The van der Waals surface area contributed by atoms with E-state index in [1.807, 2.05) is 0 Å². The number of rotatable bonds is 0. The standard InChI is InChI=1S/C8H8BrNO2/c9-8-5-2-7(12)6(11)1-4(5)3-10-8/h1-2,8,10-12H,3H2. The Morgan fingerprint density at radius 1 is 1.33 bits per heavy atom. The minimum atomic E-state index is -0.0677. The molecule has 1 aliphatic rings. The lowest BCUT2D eigenvalue weighted by atomic mass is 10.1. The van der Waals surface area contributed by atoms with Crippen LogP contribution < -0.4 is 5.32 Å². The molecule has 0 saturated heterocycles. The molecule has 1 aliphatic heterocycles. The molecular formula is C8H8BrNO2. The number of phenols is 2. The maximum atomic E-state index is 9.20. The zero-order chi connectivity index (χ0) is 8.72. The van der Waals surface area contributed by atoms with Crippen LogP contribution in [-0.4, -0.2) is 10.2 Å². The summed E-state index contributed by atoms with van der Waals surface area (Å²) in [6.45, 7) is 0.721. The predicted octanol–water partition coefficient (Wildman–Crippen LogP) is 1.59. The van der Waals surface area contributed by atoms with E-state index in [1.165, 1.54) is 0 Å². The summed E-state index contributed by atoms with van der Waals surface area (Å²) in [5.74, 6) is -0.126. The van der Waals surface area contributed by atoms with E-state index in [0.29, 0.717) is 0 Å². The van der Waals surface area contributed by atoms with Crippen molar-refractivity contribution in [3.8, 4) is 11.5 Å². The van der Waals surface area contributed by atoms with Crippen LogP contribution in [0, 0.1) is 0 Å². The molecule has 0 saturated carbocycles. The van der Waals surface area contributed by atoms with Crippen LogP contribution in [0.1, 0.15) is 16.1 Å². The Bertz CT molecular complexity index is 327. The van der Waals surface area contributed by atoms with Gasteiger partial charge in [0.15, 0.2) is 11.5 Å². The molecule has 1 unspecified atom stereocenters. The molecule has 3 nitrogen and oxygen atoms in total. The fraction of sp³-hybridized carbons (Fsp3) is 0.250. The fourth-order valence-corrected chi connectivity index (χ4v) is 1.92. The number of hydrogen-bond acceptors (Lipinski definition) is 3. The smallest absolute Gasteiger partial charge is 0.157 e. The van der Waals surface area contributed by atoms with Crippen molar-refractivity contribution >= 4 is 15.9 Å². The zero-order valence-corrected chi connectivity index (χ0v) is 7.80. The van der Waals surface area contributed by atoms with Crippen molar-refractivity contribution in [2.24, 2.45) is 0 Å². The summed E-state index contributed by atoms with van der Waals surface area (Å²) in [6, 6.07) is 3.16. The molecule has 1 heterocycles. The third kappa shape index (κ3) is 1.07. The molecule has 3 N–H and O–H groups in total. The van der Waals surface area contributed by atoms with Gasteiger partial charge in [0.1, 0.15) is 0 Å². The molecule has 1 aromatic rings. The average Bonchev–Trinajstić information content (AvgIpc) is 2.35. The Balaban J connectivity index is 2.56. The van der Waals surface area contributed by atoms with E-state index in [9.17, 15) is 10.2 Å². The SMILES string of the molecule is Oc1cc2c(cc1O)C(Br)NC2. The third-order valence-corrected chi connectivity index (χ3v) is 2.80. The molecule has 0 fully saturated rings. The van der Waals surface area contributed by atoms with E-state index in [1.54, 1.807) is 12.1 Å². The molecule has 0 bridgehead atoms. The Morgan fingerprint density at radius 3 is 2.75 bits per heavy atom. The van der Waals surface area contributed by atoms with Gasteiger partial charge in [-0.15, -0.1) is 0 Å². The zero-order valence-electron chi connectivity index (χ0n) is 6.21. The number of aromatic hydroxyl groups is 2. The highest BCUT2D eigenvalue weighted by atomic mass is 79.9. The maximum absolute atomic E-state index is 9.20. The van der Waals surface area contributed by atoms with E-state index >= 15 is 0 Å². The van der Waals surface area contributed by atoms with Gasteiger partial charge < -0.3 is 10.2 Å². The molecule has 4 heteroatoms. The lowest BCUT2D eigenvalue weighted by molar-refractivity contribution is 0.403. The number of halogens is 1. The first-order chi connectivity index (χ1) is 5.68. The van der Waals surface area contributed by atoms with E-state index in [0.717, 1.165) is 17.7 Å². The molecule has 0 radical (unpaired) electrons. The van der Waals surface area contributed by atoms with Crippen molar-refractivity contribution in [2.45, 2.75) is 11.5 Å². The molecule has 0 aromatic heterocycles. The number of fused-ring (bicyclic) bond motifs is 1. The van der Waals surface area contributed by atoms with Gasteiger partial charge in [-0.2, -0.15) is 0 Å². The maximum Gasteiger partial charge on any atom is 0.157 e. The predicted molar refractivity (Wildman–Crippen MR) is 48.3 cm³/mol. The van der Waals surface area contributed by atoms with Crippen LogP contribution in [0.2, 0.25) is 0 Å². The number of alkyl halides is 1. The van der Waals surface area contributed by atoms with Crippen LogP contribution >= 0.6 is 15.9 Å². The van der Waals surface area contributed by atoms with Gasteiger partial charge in [-0.1, -0.05) is 15.9 Å². The molecule has 2 rings (SSSR count). The number of benzene rings is 1. The minimum Gasteiger partial charge on any atom is -0.504 e. The van der Waals surface area contributed by atoms with Crippen molar-refractivity contribution in [1.29, 1.82) is 0 Å². The van der Waals surface area contributed by atoms with Crippen molar-refractivity contribution < 1.29 is 10.2 Å². The fourth-order valence-electron chi connectivity index (χ4n) is 1.33. The van der Waals surface area contributed by atoms with Crippen molar-refractivity contribution in [3.63, 3.8) is 0 Å². The summed E-state index contributed by atoms with van der Waals surface area (Å²) in [5, 5.41) is 21.5. The van der Waals surface area contributed by atoms with E-state index in [-0.39, 0.29) is 16.5 Å². The molecule has 1 aromatic carbocycles. The summed E-state index contributed by atoms with van der Waals surface area (Å²) in [5.41, 5.74) is 2.01. The number of nitrogens with one attached hydrogen (secondary N) is 1. The Kier molecular flexibility index (Phi) is 1.73. The first-order valence-corrected chi connectivity index (χ1v) is 4.52. The van der Waals surface area contributed by atoms with Crippen LogP contribution in [0.25, 0.3) is 0 Å². The van der Waals surface area contributed by atoms with Crippen molar-refractivity contribution in [3.05, 3.63) is 23.3 Å². The van der Waals surface area contributed by atoms with Crippen LogP contribution in [0.15, 0.2) is 12.1 Å². The second-order valence-corrected chi connectivity index (χ2v) is 3.70. The van der Waals surface area contributed by atoms with Gasteiger partial charge in [0.05, 0.1) is 4.95 Å². The van der Waals surface area contributed by atoms with Crippen LogP contribution in [-0.2, 0) is 6.54 Å². The van der Waals surface area contributed by atoms with E-state index in [2.05, 4.69) is 21.2 Å². The summed E-state index contributed by atoms with van der Waals surface area (Å²) in [7, 11) is 0. The molecule has 12 heavy (non-hydrogen) atoms. The van der Waals surface area contributed by atoms with Crippen molar-refractivity contribution in [2.75, 3.05) is 0 Å². The summed E-state index contributed by atoms with van der Waals surface area (Å²) < 4.78 is 0. The normalized spacial score (nSPS) is 20.9. The molecule has 0 amide bonds. The lowest BCUT2D eigenvalue weighted by Gasteiger charge is -2.03. The van der Waals surface area contributed by atoms with Crippen LogP contribution in [0.3, 0.4) is 0 Å². The van der Waals surface area contributed by atoms with Gasteiger partial charge in [0.2, 0.25) is 0 Å². The van der Waals surface area contributed by atoms with Gasteiger partial charge >= 0.3 is 0 Å². The summed E-state index contributed by atoms with van der Waals surface area (Å²) in [6.07, 6.45) is 0. The topological polar surface area (TPSA) is 52.5 Å². The molecule has 0 aliphatic carbocycles. The molecule has 1 atom stereocenters. The highest BCUT2D eigenvalue weighted by Gasteiger charge is 2.20. The van der Waals surface area contributed by atoms with Crippen LogP contribution in [0.4, 0.5) is 0 Å². The second-order valence-electron chi connectivity index (χ2n) is 2.78. The quantitative estimate of drug-likeness (QED) is 0.360. The Labute approximate surface area is 78.2 Å². The Hall–Kier alpha value is -0.740. The summed E-state index contributed by atoms with van der Waals surface area (Å²) in [4.78, 5) is 0.0824. The monoisotopic (exact) mass is 229 g/mol. The summed E-state index contributed by atoms with van der Waals surface area (Å²) >= 11 is 3.39. The average molecular weight is 230 g/mol. The second kappa shape index (κ2) is 2.64. The molecule has 64 valence electrons.